The standard InChI is InChI=1S/C22H27N3OS/c1-21(2,3)15-12-14(13-16(19(15)26)22(4,5)6)23-24-20-25(7)17-10-8-9-11-18(17)27-20/h8-13H,1-7H3/b24-20+. The van der Waals surface area contributed by atoms with Crippen molar-refractivity contribution in [2.45, 2.75) is 41.5 Å². The maximum atomic E-state index is 13.0. The summed E-state index contributed by atoms with van der Waals surface area (Å²) in [7, 11) is 2.00. The Morgan fingerprint density at radius 1 is 0.889 bits per heavy atom. The van der Waals surface area contributed by atoms with Gasteiger partial charge in [-0.05, 0) is 35.1 Å². The van der Waals surface area contributed by atoms with Gasteiger partial charge in [0.25, 0.3) is 0 Å². The molecule has 0 saturated heterocycles. The molecule has 4 nitrogen and oxygen atoms in total. The zero-order chi connectivity index (χ0) is 20.0. The Kier molecular flexibility index (Phi) is 4.85. The van der Waals surface area contributed by atoms with Crippen LogP contribution < -0.4 is 4.80 Å². The molecule has 5 heteroatoms. The third-order valence-corrected chi connectivity index (χ3v) is 5.76. The highest BCUT2D eigenvalue weighted by atomic mass is 32.1. The second-order valence-electron chi connectivity index (χ2n) is 8.98. The van der Waals surface area contributed by atoms with Gasteiger partial charge < -0.3 is 4.57 Å². The van der Waals surface area contributed by atoms with Crippen molar-refractivity contribution in [1.29, 1.82) is 0 Å². The molecular formula is C22H27N3OS. The van der Waals surface area contributed by atoms with Gasteiger partial charge in [-0.15, -0.1) is 10.2 Å². The molecule has 0 fully saturated rings. The molecule has 0 unspecified atom stereocenters. The number of carbonyl (C=O) groups is 1. The molecule has 0 aliphatic heterocycles. The highest BCUT2D eigenvalue weighted by Gasteiger charge is 2.34. The summed E-state index contributed by atoms with van der Waals surface area (Å²) in [5.41, 5.74) is 2.93. The first-order valence-electron chi connectivity index (χ1n) is 9.14. The van der Waals surface area contributed by atoms with Gasteiger partial charge in [0.2, 0.25) is 4.80 Å². The van der Waals surface area contributed by atoms with Crippen LogP contribution in [0.5, 0.6) is 0 Å². The number of para-hydroxylation sites is 1. The quantitative estimate of drug-likeness (QED) is 0.505. The van der Waals surface area contributed by atoms with Gasteiger partial charge in [-0.1, -0.05) is 65.0 Å². The smallest absolute Gasteiger partial charge is 0.211 e. The summed E-state index contributed by atoms with van der Waals surface area (Å²) < 4.78 is 3.22. The van der Waals surface area contributed by atoms with Crippen molar-refractivity contribution in [3.05, 3.63) is 52.4 Å². The summed E-state index contributed by atoms with van der Waals surface area (Å²) in [6.45, 7) is 12.4. The average Bonchev–Trinajstić information content (AvgIpc) is 2.88. The molecule has 142 valence electrons. The molecule has 0 amide bonds. The monoisotopic (exact) mass is 381 g/mol. The van der Waals surface area contributed by atoms with Gasteiger partial charge in [0.05, 0.1) is 15.9 Å². The number of benzene rings is 1. The summed E-state index contributed by atoms with van der Waals surface area (Å²) in [5, 5.41) is 8.99. The number of Topliss-reactive ketones (excluding diaryl/α,β-unsaturated/α-hetero) is 1. The fraction of sp³-hybridized carbons (Fsp3) is 0.409. The van der Waals surface area contributed by atoms with Crippen molar-refractivity contribution in [3.8, 4) is 0 Å². The first kappa shape index (κ1) is 19.5. The number of aryl methyl sites for hydroxylation is 1. The van der Waals surface area contributed by atoms with Crippen molar-refractivity contribution in [2.24, 2.45) is 28.1 Å². The summed E-state index contributed by atoms with van der Waals surface area (Å²) in [5.74, 6) is 0.112. The Morgan fingerprint density at radius 2 is 1.44 bits per heavy atom. The van der Waals surface area contributed by atoms with Crippen LogP contribution in [-0.4, -0.2) is 16.1 Å². The fourth-order valence-corrected chi connectivity index (χ4v) is 4.03. The molecule has 0 bridgehead atoms. The van der Waals surface area contributed by atoms with Gasteiger partial charge in [0, 0.05) is 18.2 Å². The minimum absolute atomic E-state index is 0.112. The number of hydrogen-bond acceptors (Lipinski definition) is 4. The molecule has 0 N–H and O–H groups in total. The lowest BCUT2D eigenvalue weighted by atomic mass is 9.72. The summed E-state index contributed by atoms with van der Waals surface area (Å²) in [6, 6.07) is 8.21. The van der Waals surface area contributed by atoms with Crippen LogP contribution in [0.3, 0.4) is 0 Å². The van der Waals surface area contributed by atoms with Crippen LogP contribution in [0.1, 0.15) is 41.5 Å². The van der Waals surface area contributed by atoms with Crippen molar-refractivity contribution in [2.75, 3.05) is 0 Å². The van der Waals surface area contributed by atoms with Gasteiger partial charge in [-0.3, -0.25) is 4.79 Å². The minimum atomic E-state index is -0.245. The van der Waals surface area contributed by atoms with Crippen molar-refractivity contribution in [3.63, 3.8) is 0 Å². The van der Waals surface area contributed by atoms with E-state index in [9.17, 15) is 4.79 Å². The first-order valence-corrected chi connectivity index (χ1v) is 9.95. The molecule has 0 spiro atoms. The topological polar surface area (TPSA) is 46.7 Å². The van der Waals surface area contributed by atoms with E-state index in [2.05, 4.69) is 63.9 Å². The van der Waals surface area contributed by atoms with Crippen LogP contribution >= 0.6 is 11.3 Å². The Bertz CT molecular complexity index is 1030. The number of nitrogens with zero attached hydrogens (tertiary/aromatic N) is 3. The highest BCUT2D eigenvalue weighted by Crippen LogP contribution is 2.37. The SMILES string of the molecule is Cn1/c(=N\N=C2C=C(C(C)(C)C)C(=O)C(C(C)(C)C)=C2)sc2ccccc21. The largest absolute Gasteiger partial charge is 0.318 e. The predicted molar refractivity (Wildman–Crippen MR) is 114 cm³/mol. The number of aromatic nitrogens is 1. The molecule has 1 aromatic carbocycles. The van der Waals surface area contributed by atoms with Crippen molar-refractivity contribution in [1.82, 2.24) is 4.57 Å². The van der Waals surface area contributed by atoms with E-state index in [-0.39, 0.29) is 16.6 Å². The molecule has 1 aliphatic carbocycles. The Labute approximate surface area is 164 Å². The zero-order valence-electron chi connectivity index (χ0n) is 17.1. The minimum Gasteiger partial charge on any atom is -0.318 e. The molecule has 1 aromatic heterocycles. The lowest BCUT2D eigenvalue weighted by Crippen LogP contribution is -2.29. The van der Waals surface area contributed by atoms with Gasteiger partial charge in [0.15, 0.2) is 5.78 Å². The number of fused-ring (bicyclic) bond motifs is 1. The van der Waals surface area contributed by atoms with Gasteiger partial charge >= 0.3 is 0 Å². The van der Waals surface area contributed by atoms with E-state index in [0.29, 0.717) is 0 Å². The second-order valence-corrected chi connectivity index (χ2v) is 9.99. The predicted octanol–water partition coefficient (Wildman–Crippen LogP) is 5.02. The van der Waals surface area contributed by atoms with Crippen LogP contribution in [0, 0.1) is 10.8 Å². The summed E-state index contributed by atoms with van der Waals surface area (Å²) >= 11 is 1.61. The Hall–Kier alpha value is -2.27. The summed E-state index contributed by atoms with van der Waals surface area (Å²) in [4.78, 5) is 13.8. The number of ketones is 1. The summed E-state index contributed by atoms with van der Waals surface area (Å²) in [6.07, 6.45) is 3.77. The normalized spacial score (nSPS) is 16.6. The van der Waals surface area contributed by atoms with Crippen LogP contribution in [0.4, 0.5) is 0 Å². The molecule has 3 rings (SSSR count). The fourth-order valence-electron chi connectivity index (χ4n) is 3.06. The molecule has 1 aliphatic rings. The molecular weight excluding hydrogens is 354 g/mol. The maximum Gasteiger partial charge on any atom is 0.211 e. The number of rotatable bonds is 1. The van der Waals surface area contributed by atoms with Gasteiger partial charge in [-0.2, -0.15) is 0 Å². The number of carbonyl (C=O) groups excluding carboxylic acids is 1. The van der Waals surface area contributed by atoms with E-state index < -0.39 is 0 Å². The lowest BCUT2D eigenvalue weighted by molar-refractivity contribution is -0.114. The third-order valence-electron chi connectivity index (χ3n) is 4.66. The van der Waals surface area contributed by atoms with E-state index in [1.165, 1.54) is 4.70 Å². The van der Waals surface area contributed by atoms with E-state index in [1.807, 2.05) is 35.9 Å². The molecule has 0 atom stereocenters. The van der Waals surface area contributed by atoms with Crippen LogP contribution in [0.15, 0.2) is 57.8 Å². The highest BCUT2D eigenvalue weighted by molar-refractivity contribution is 7.16. The van der Waals surface area contributed by atoms with Gasteiger partial charge in [0.1, 0.15) is 0 Å². The average molecular weight is 382 g/mol. The van der Waals surface area contributed by atoms with Crippen LogP contribution in [0.25, 0.3) is 10.2 Å². The first-order chi connectivity index (χ1) is 12.5. The third kappa shape index (κ3) is 3.88. The van der Waals surface area contributed by atoms with Crippen molar-refractivity contribution >= 4 is 33.0 Å². The van der Waals surface area contributed by atoms with Crippen LogP contribution in [0.2, 0.25) is 0 Å². The van der Waals surface area contributed by atoms with E-state index in [1.54, 1.807) is 11.3 Å². The van der Waals surface area contributed by atoms with Crippen molar-refractivity contribution < 1.29 is 4.79 Å². The number of thiazole rings is 1. The van der Waals surface area contributed by atoms with E-state index in [4.69, 9.17) is 0 Å². The van der Waals surface area contributed by atoms with E-state index in [0.717, 1.165) is 27.2 Å². The van der Waals surface area contributed by atoms with E-state index >= 15 is 0 Å². The van der Waals surface area contributed by atoms with Crippen LogP contribution in [-0.2, 0) is 11.8 Å². The second kappa shape index (κ2) is 6.71. The van der Waals surface area contributed by atoms with Gasteiger partial charge in [-0.25, -0.2) is 0 Å². The number of hydrogen-bond donors (Lipinski definition) is 0. The maximum absolute atomic E-state index is 13.0. The molecule has 0 radical (unpaired) electrons. The Balaban J connectivity index is 2.15. The molecule has 1 heterocycles. The number of allylic oxidation sites excluding steroid dienone is 4. The molecule has 27 heavy (non-hydrogen) atoms. The molecule has 0 saturated carbocycles. The lowest BCUT2D eigenvalue weighted by Gasteiger charge is -2.30. The zero-order valence-corrected chi connectivity index (χ0v) is 17.9. The molecule has 2 aromatic rings. The Morgan fingerprint density at radius 3 is 1.96 bits per heavy atom.